The SMILES string of the molecule is CC(=O)c1cccc(NC(=S)N(Cc2ccccc2)c2ccccc2)c1. The fourth-order valence-corrected chi connectivity index (χ4v) is 2.95. The van der Waals surface area contributed by atoms with Gasteiger partial charge in [0.05, 0.1) is 6.54 Å². The first-order valence-corrected chi connectivity index (χ1v) is 8.83. The molecule has 0 amide bonds. The Bertz CT molecular complexity index is 894. The summed E-state index contributed by atoms with van der Waals surface area (Å²) in [4.78, 5) is 13.7. The molecule has 0 atom stereocenters. The summed E-state index contributed by atoms with van der Waals surface area (Å²) in [6.45, 7) is 2.21. The number of ketones is 1. The minimum atomic E-state index is 0.0313. The van der Waals surface area contributed by atoms with Crippen molar-refractivity contribution in [3.63, 3.8) is 0 Å². The molecule has 0 aliphatic carbocycles. The lowest BCUT2D eigenvalue weighted by Gasteiger charge is -2.26. The van der Waals surface area contributed by atoms with E-state index in [9.17, 15) is 4.79 Å². The highest BCUT2D eigenvalue weighted by atomic mass is 32.1. The van der Waals surface area contributed by atoms with Gasteiger partial charge in [-0.15, -0.1) is 0 Å². The summed E-state index contributed by atoms with van der Waals surface area (Å²) in [5.41, 5.74) is 3.64. The highest BCUT2D eigenvalue weighted by molar-refractivity contribution is 7.80. The normalized spacial score (nSPS) is 10.2. The van der Waals surface area contributed by atoms with Gasteiger partial charge in [-0.05, 0) is 49.0 Å². The summed E-state index contributed by atoms with van der Waals surface area (Å²) < 4.78 is 0. The highest BCUT2D eigenvalue weighted by Gasteiger charge is 2.13. The molecular formula is C22H20N2OS. The quantitative estimate of drug-likeness (QED) is 0.495. The summed E-state index contributed by atoms with van der Waals surface area (Å²) in [5, 5.41) is 3.85. The van der Waals surface area contributed by atoms with E-state index in [2.05, 4.69) is 17.4 Å². The molecule has 3 rings (SSSR count). The van der Waals surface area contributed by atoms with Crippen LogP contribution in [0.3, 0.4) is 0 Å². The molecule has 130 valence electrons. The molecule has 0 unspecified atom stereocenters. The van der Waals surface area contributed by atoms with Crippen LogP contribution in [-0.4, -0.2) is 10.9 Å². The highest BCUT2D eigenvalue weighted by Crippen LogP contribution is 2.20. The fraction of sp³-hybridized carbons (Fsp3) is 0.0909. The van der Waals surface area contributed by atoms with Gasteiger partial charge in [-0.1, -0.05) is 60.7 Å². The van der Waals surface area contributed by atoms with Crippen molar-refractivity contribution in [2.45, 2.75) is 13.5 Å². The van der Waals surface area contributed by atoms with E-state index in [0.717, 1.165) is 16.9 Å². The summed E-state index contributed by atoms with van der Waals surface area (Å²) in [5.74, 6) is 0.0313. The van der Waals surface area contributed by atoms with Crippen molar-refractivity contribution in [2.24, 2.45) is 0 Å². The van der Waals surface area contributed by atoms with E-state index >= 15 is 0 Å². The molecule has 3 nitrogen and oxygen atoms in total. The first-order valence-electron chi connectivity index (χ1n) is 8.42. The largest absolute Gasteiger partial charge is 0.332 e. The Kier molecular flexibility index (Phi) is 5.77. The second kappa shape index (κ2) is 8.41. The molecule has 0 fully saturated rings. The van der Waals surface area contributed by atoms with E-state index in [1.165, 1.54) is 0 Å². The molecule has 0 radical (unpaired) electrons. The van der Waals surface area contributed by atoms with Crippen LogP contribution in [0.4, 0.5) is 11.4 Å². The number of hydrogen-bond donors (Lipinski definition) is 1. The lowest BCUT2D eigenvalue weighted by molar-refractivity contribution is 0.101. The van der Waals surface area contributed by atoms with Gasteiger partial charge < -0.3 is 10.2 Å². The molecule has 0 aliphatic heterocycles. The third kappa shape index (κ3) is 4.55. The van der Waals surface area contributed by atoms with Crippen LogP contribution in [0.2, 0.25) is 0 Å². The molecule has 0 bridgehead atoms. The van der Waals surface area contributed by atoms with Crippen molar-refractivity contribution in [1.29, 1.82) is 0 Å². The second-order valence-electron chi connectivity index (χ2n) is 5.97. The van der Waals surface area contributed by atoms with Gasteiger partial charge in [0.1, 0.15) is 0 Å². The number of benzene rings is 3. The van der Waals surface area contributed by atoms with E-state index < -0.39 is 0 Å². The monoisotopic (exact) mass is 360 g/mol. The lowest BCUT2D eigenvalue weighted by atomic mass is 10.1. The van der Waals surface area contributed by atoms with E-state index in [1.54, 1.807) is 13.0 Å². The number of hydrogen-bond acceptors (Lipinski definition) is 2. The van der Waals surface area contributed by atoms with Gasteiger partial charge >= 0.3 is 0 Å². The average molecular weight is 360 g/mol. The third-order valence-corrected chi connectivity index (χ3v) is 4.34. The molecule has 3 aromatic rings. The Hall–Kier alpha value is -2.98. The number of carbonyl (C=O) groups is 1. The average Bonchev–Trinajstić information content (AvgIpc) is 2.67. The minimum Gasteiger partial charge on any atom is -0.332 e. The maximum Gasteiger partial charge on any atom is 0.178 e. The first-order chi connectivity index (χ1) is 12.6. The number of nitrogens with one attached hydrogen (secondary N) is 1. The van der Waals surface area contributed by atoms with Gasteiger partial charge in [0, 0.05) is 16.9 Å². The number of nitrogens with zero attached hydrogens (tertiary/aromatic N) is 1. The van der Waals surface area contributed by atoms with Gasteiger partial charge in [-0.25, -0.2) is 0 Å². The Morgan fingerprint density at radius 3 is 2.23 bits per heavy atom. The fourth-order valence-electron chi connectivity index (χ4n) is 2.66. The molecule has 1 N–H and O–H groups in total. The van der Waals surface area contributed by atoms with Crippen LogP contribution < -0.4 is 10.2 Å². The summed E-state index contributed by atoms with van der Waals surface area (Å²) in [6, 6.07) is 27.6. The zero-order valence-electron chi connectivity index (χ0n) is 14.6. The number of carbonyl (C=O) groups excluding carboxylic acids is 1. The van der Waals surface area contributed by atoms with Crippen molar-refractivity contribution in [3.05, 3.63) is 96.1 Å². The number of para-hydroxylation sites is 1. The van der Waals surface area contributed by atoms with Crippen LogP contribution >= 0.6 is 12.2 Å². The van der Waals surface area contributed by atoms with Crippen molar-refractivity contribution >= 4 is 34.5 Å². The molecule has 0 heterocycles. The standard InChI is InChI=1S/C22H20N2OS/c1-17(25)19-11-8-12-20(15-19)23-22(26)24(21-13-6-3-7-14-21)16-18-9-4-2-5-10-18/h2-15H,16H2,1H3,(H,23,26). The van der Waals surface area contributed by atoms with Crippen LogP contribution in [0.5, 0.6) is 0 Å². The van der Waals surface area contributed by atoms with Gasteiger partial charge in [0.15, 0.2) is 10.9 Å². The molecule has 0 aliphatic rings. The summed E-state index contributed by atoms with van der Waals surface area (Å²) in [6.07, 6.45) is 0. The maximum absolute atomic E-state index is 11.6. The Morgan fingerprint density at radius 2 is 1.58 bits per heavy atom. The smallest absolute Gasteiger partial charge is 0.178 e. The minimum absolute atomic E-state index is 0.0313. The van der Waals surface area contributed by atoms with Gasteiger partial charge in [0.25, 0.3) is 0 Å². The molecule has 4 heteroatoms. The Balaban J connectivity index is 1.85. The predicted molar refractivity (Wildman–Crippen MR) is 112 cm³/mol. The Labute approximate surface area is 159 Å². The summed E-state index contributed by atoms with van der Waals surface area (Å²) in [7, 11) is 0. The first kappa shape index (κ1) is 17.8. The topological polar surface area (TPSA) is 32.3 Å². The predicted octanol–water partition coefficient (Wildman–Crippen LogP) is 5.29. The van der Waals surface area contributed by atoms with Crippen LogP contribution in [0.15, 0.2) is 84.9 Å². The van der Waals surface area contributed by atoms with Gasteiger partial charge in [0.2, 0.25) is 0 Å². The van der Waals surface area contributed by atoms with Crippen molar-refractivity contribution in [1.82, 2.24) is 0 Å². The summed E-state index contributed by atoms with van der Waals surface area (Å²) >= 11 is 5.68. The third-order valence-electron chi connectivity index (χ3n) is 4.02. The number of rotatable bonds is 5. The maximum atomic E-state index is 11.6. The second-order valence-corrected chi connectivity index (χ2v) is 6.36. The van der Waals surface area contributed by atoms with E-state index in [1.807, 2.05) is 71.6 Å². The molecule has 0 aromatic heterocycles. The van der Waals surface area contributed by atoms with Crippen molar-refractivity contribution < 1.29 is 4.79 Å². The number of Topliss-reactive ketones (excluding diaryl/α,β-unsaturated/α-hetero) is 1. The van der Waals surface area contributed by atoms with E-state index in [4.69, 9.17) is 12.2 Å². The van der Waals surface area contributed by atoms with Gasteiger partial charge in [-0.2, -0.15) is 0 Å². The molecule has 0 saturated heterocycles. The molecule has 0 saturated carbocycles. The van der Waals surface area contributed by atoms with E-state index in [-0.39, 0.29) is 5.78 Å². The van der Waals surface area contributed by atoms with E-state index in [0.29, 0.717) is 17.2 Å². The van der Waals surface area contributed by atoms with Crippen LogP contribution in [-0.2, 0) is 6.54 Å². The molecule has 3 aromatic carbocycles. The lowest BCUT2D eigenvalue weighted by Crippen LogP contribution is -2.34. The zero-order chi connectivity index (χ0) is 18.4. The number of thiocarbonyl (C=S) groups is 1. The van der Waals surface area contributed by atoms with Crippen molar-refractivity contribution in [3.8, 4) is 0 Å². The Morgan fingerprint density at radius 1 is 0.923 bits per heavy atom. The van der Waals surface area contributed by atoms with Crippen molar-refractivity contribution in [2.75, 3.05) is 10.2 Å². The van der Waals surface area contributed by atoms with Crippen LogP contribution in [0, 0.1) is 0 Å². The van der Waals surface area contributed by atoms with Crippen LogP contribution in [0.25, 0.3) is 0 Å². The van der Waals surface area contributed by atoms with Gasteiger partial charge in [-0.3, -0.25) is 4.79 Å². The zero-order valence-corrected chi connectivity index (χ0v) is 15.4. The molecular weight excluding hydrogens is 340 g/mol. The molecule has 26 heavy (non-hydrogen) atoms. The van der Waals surface area contributed by atoms with Crippen LogP contribution in [0.1, 0.15) is 22.8 Å². The molecule has 0 spiro atoms. The number of anilines is 2.